The van der Waals surface area contributed by atoms with Crippen molar-refractivity contribution in [3.63, 3.8) is 0 Å². The maximum Gasteiger partial charge on any atom is 0.325 e. The van der Waals surface area contributed by atoms with E-state index in [1.165, 1.54) is 19.2 Å². The van der Waals surface area contributed by atoms with Crippen molar-refractivity contribution in [1.82, 2.24) is 15.6 Å². The van der Waals surface area contributed by atoms with Gasteiger partial charge in [0.05, 0.1) is 19.3 Å². The fraction of sp³-hybridized carbons (Fsp3) is 0.421. The molecule has 28 heavy (non-hydrogen) atoms. The van der Waals surface area contributed by atoms with Gasteiger partial charge in [-0.2, -0.15) is 0 Å². The number of amides is 2. The Bertz CT molecular complexity index is 897. The van der Waals surface area contributed by atoms with Crippen LogP contribution >= 0.6 is 0 Å². The van der Waals surface area contributed by atoms with E-state index in [-0.39, 0.29) is 24.6 Å². The summed E-state index contributed by atoms with van der Waals surface area (Å²) in [6, 6.07) is 5.23. The van der Waals surface area contributed by atoms with Crippen LogP contribution in [-0.2, 0) is 14.3 Å². The Labute approximate surface area is 160 Å². The van der Waals surface area contributed by atoms with Crippen LogP contribution < -0.4 is 10.6 Å². The van der Waals surface area contributed by atoms with Crippen molar-refractivity contribution in [3.05, 3.63) is 35.8 Å². The number of aliphatic hydroxyl groups is 1. The highest BCUT2D eigenvalue weighted by Gasteiger charge is 2.34. The van der Waals surface area contributed by atoms with Gasteiger partial charge in [0.1, 0.15) is 18.1 Å². The van der Waals surface area contributed by atoms with Crippen LogP contribution in [0.25, 0.3) is 10.9 Å². The molecular formula is C19H22FN3O5. The summed E-state index contributed by atoms with van der Waals surface area (Å²) in [5, 5.41) is 16.2. The third kappa shape index (κ3) is 4.48. The molecule has 0 saturated heterocycles. The minimum absolute atomic E-state index is 0.176. The van der Waals surface area contributed by atoms with Gasteiger partial charge in [0, 0.05) is 16.8 Å². The van der Waals surface area contributed by atoms with Gasteiger partial charge in [-0.15, -0.1) is 0 Å². The molecule has 0 bridgehead atoms. The van der Waals surface area contributed by atoms with Crippen molar-refractivity contribution in [1.29, 1.82) is 0 Å². The molecule has 150 valence electrons. The molecule has 3 atom stereocenters. The summed E-state index contributed by atoms with van der Waals surface area (Å²) in [6.45, 7) is -0.219. The van der Waals surface area contributed by atoms with Crippen LogP contribution in [0.5, 0.6) is 0 Å². The van der Waals surface area contributed by atoms with E-state index in [1.54, 1.807) is 12.1 Å². The fourth-order valence-corrected chi connectivity index (χ4v) is 3.40. The van der Waals surface area contributed by atoms with E-state index >= 15 is 0 Å². The van der Waals surface area contributed by atoms with Crippen molar-refractivity contribution in [3.8, 4) is 0 Å². The zero-order chi connectivity index (χ0) is 20.3. The number of carbonyl (C=O) groups excluding carboxylic acids is 3. The number of halogens is 1. The molecule has 0 radical (unpaired) electrons. The molecule has 3 rings (SSSR count). The highest BCUT2D eigenvalue weighted by Crippen LogP contribution is 2.25. The van der Waals surface area contributed by atoms with Crippen LogP contribution in [0.1, 0.15) is 29.8 Å². The van der Waals surface area contributed by atoms with E-state index < -0.39 is 35.8 Å². The van der Waals surface area contributed by atoms with Gasteiger partial charge in [0.15, 0.2) is 0 Å². The number of nitrogens with one attached hydrogen (secondary N) is 3. The zero-order valence-electron chi connectivity index (χ0n) is 15.3. The maximum atomic E-state index is 13.3. The van der Waals surface area contributed by atoms with E-state index in [2.05, 4.69) is 20.4 Å². The first-order valence-corrected chi connectivity index (χ1v) is 8.99. The maximum absolute atomic E-state index is 13.3. The lowest BCUT2D eigenvalue weighted by Crippen LogP contribution is -2.49. The standard InChI is InChI=1S/C19H22FN3O5/c1-28-17(25)9-21-18(26)10-2-4-14(16(24)8-10)23-19(27)15-7-11-6-12(20)3-5-13(11)22-15/h3,5-7,10,14,16,22,24H,2,4,8-9H2,1H3,(H,21,26)(H,23,27)/t10-,14+,16+/m0/s1. The Morgan fingerprint density at radius 3 is 2.79 bits per heavy atom. The van der Waals surface area contributed by atoms with Crippen LogP contribution in [0.15, 0.2) is 24.3 Å². The molecule has 2 aromatic rings. The van der Waals surface area contributed by atoms with Gasteiger partial charge in [-0.05, 0) is 43.5 Å². The van der Waals surface area contributed by atoms with Gasteiger partial charge in [-0.25, -0.2) is 4.39 Å². The van der Waals surface area contributed by atoms with E-state index in [0.29, 0.717) is 23.7 Å². The highest BCUT2D eigenvalue weighted by molar-refractivity contribution is 5.98. The minimum atomic E-state index is -0.895. The first-order valence-electron chi connectivity index (χ1n) is 8.99. The molecule has 1 aliphatic rings. The zero-order valence-corrected chi connectivity index (χ0v) is 15.3. The van der Waals surface area contributed by atoms with Crippen LogP contribution in [0.2, 0.25) is 0 Å². The molecule has 8 nitrogen and oxygen atoms in total. The minimum Gasteiger partial charge on any atom is -0.468 e. The largest absolute Gasteiger partial charge is 0.468 e. The van der Waals surface area contributed by atoms with Gasteiger partial charge in [-0.1, -0.05) is 0 Å². The van der Waals surface area contributed by atoms with Gasteiger partial charge in [-0.3, -0.25) is 14.4 Å². The molecule has 9 heteroatoms. The number of aliphatic hydroxyl groups excluding tert-OH is 1. The third-order valence-electron chi connectivity index (χ3n) is 4.97. The summed E-state index contributed by atoms with van der Waals surface area (Å²) in [5.41, 5.74) is 0.906. The van der Waals surface area contributed by atoms with Crippen molar-refractivity contribution >= 4 is 28.7 Å². The Morgan fingerprint density at radius 2 is 2.07 bits per heavy atom. The number of H-pyrrole nitrogens is 1. The van der Waals surface area contributed by atoms with Gasteiger partial charge >= 0.3 is 5.97 Å². The number of methoxy groups -OCH3 is 1. The molecule has 1 saturated carbocycles. The van der Waals surface area contributed by atoms with E-state index in [0.717, 1.165) is 0 Å². The first-order chi connectivity index (χ1) is 13.4. The molecule has 1 fully saturated rings. The summed E-state index contributed by atoms with van der Waals surface area (Å²) in [4.78, 5) is 38.6. The quantitative estimate of drug-likeness (QED) is 0.564. The SMILES string of the molecule is COC(=O)CNC(=O)[C@H]1CC[C@@H](NC(=O)c2cc3cc(F)ccc3[nH]2)[C@H](O)C1. The number of esters is 1. The Hall–Kier alpha value is -2.94. The summed E-state index contributed by atoms with van der Waals surface area (Å²) in [6.07, 6.45) is 0.161. The molecule has 0 unspecified atom stereocenters. The molecule has 0 spiro atoms. The topological polar surface area (TPSA) is 121 Å². The average molecular weight is 391 g/mol. The second-order valence-corrected chi connectivity index (χ2v) is 6.87. The first kappa shape index (κ1) is 19.8. The molecule has 2 amide bonds. The molecule has 1 aromatic carbocycles. The second kappa shape index (κ2) is 8.39. The van der Waals surface area contributed by atoms with Crippen molar-refractivity contribution in [2.45, 2.75) is 31.4 Å². The van der Waals surface area contributed by atoms with Crippen LogP contribution in [-0.4, -0.2) is 53.7 Å². The van der Waals surface area contributed by atoms with Crippen molar-refractivity contribution in [2.75, 3.05) is 13.7 Å². The van der Waals surface area contributed by atoms with Gasteiger partial charge in [0.25, 0.3) is 5.91 Å². The lowest BCUT2D eigenvalue weighted by molar-refractivity contribution is -0.142. The number of benzene rings is 1. The summed E-state index contributed by atoms with van der Waals surface area (Å²) in [7, 11) is 1.23. The smallest absolute Gasteiger partial charge is 0.325 e. The predicted octanol–water partition coefficient (Wildman–Crippen LogP) is 0.856. The van der Waals surface area contributed by atoms with E-state index in [1.807, 2.05) is 0 Å². The molecule has 1 aliphatic carbocycles. The molecule has 1 aromatic heterocycles. The van der Waals surface area contributed by atoms with Gasteiger partial charge in [0.2, 0.25) is 5.91 Å². The highest BCUT2D eigenvalue weighted by atomic mass is 19.1. The Balaban J connectivity index is 1.56. The lowest BCUT2D eigenvalue weighted by Gasteiger charge is -2.32. The normalized spacial score (nSPS) is 21.9. The summed E-state index contributed by atoms with van der Waals surface area (Å²) in [5.74, 6) is -2.12. The summed E-state index contributed by atoms with van der Waals surface area (Å²) >= 11 is 0. The Kier molecular flexibility index (Phi) is 5.93. The third-order valence-corrected chi connectivity index (χ3v) is 4.97. The van der Waals surface area contributed by atoms with E-state index in [4.69, 9.17) is 0 Å². The molecule has 1 heterocycles. The monoisotopic (exact) mass is 391 g/mol. The number of carbonyl (C=O) groups is 3. The average Bonchev–Trinajstić information content (AvgIpc) is 3.10. The lowest BCUT2D eigenvalue weighted by atomic mass is 9.83. The van der Waals surface area contributed by atoms with Crippen molar-refractivity contribution in [2.24, 2.45) is 5.92 Å². The number of hydrogen-bond donors (Lipinski definition) is 4. The fourth-order valence-electron chi connectivity index (χ4n) is 3.40. The Morgan fingerprint density at radius 1 is 1.29 bits per heavy atom. The molecular weight excluding hydrogens is 369 g/mol. The van der Waals surface area contributed by atoms with E-state index in [9.17, 15) is 23.9 Å². The number of rotatable bonds is 5. The van der Waals surface area contributed by atoms with Crippen LogP contribution in [0.3, 0.4) is 0 Å². The number of fused-ring (bicyclic) bond motifs is 1. The molecule has 4 N–H and O–H groups in total. The van der Waals surface area contributed by atoms with Crippen LogP contribution in [0.4, 0.5) is 4.39 Å². The van der Waals surface area contributed by atoms with Crippen LogP contribution in [0, 0.1) is 11.7 Å². The second-order valence-electron chi connectivity index (χ2n) is 6.87. The van der Waals surface area contributed by atoms with Crippen molar-refractivity contribution < 1.29 is 28.6 Å². The predicted molar refractivity (Wildman–Crippen MR) is 97.9 cm³/mol. The summed E-state index contributed by atoms with van der Waals surface area (Å²) < 4.78 is 17.8. The number of hydrogen-bond acceptors (Lipinski definition) is 5. The number of aromatic nitrogens is 1. The van der Waals surface area contributed by atoms with Gasteiger partial charge < -0.3 is 25.5 Å². The number of ether oxygens (including phenoxy) is 1. The molecule has 0 aliphatic heterocycles. The number of aromatic amines is 1.